The van der Waals surface area contributed by atoms with Crippen molar-refractivity contribution in [2.45, 2.75) is 120 Å². The third-order valence-corrected chi connectivity index (χ3v) is 12.0. The quantitative estimate of drug-likeness (QED) is 0.0330. The summed E-state index contributed by atoms with van der Waals surface area (Å²) >= 11 is 0. The summed E-state index contributed by atoms with van der Waals surface area (Å²) in [5, 5.41) is 21.7. The number of carbonyl (C=O) groups is 9. The number of halogens is 1. The van der Waals surface area contributed by atoms with E-state index in [1.807, 2.05) is 18.2 Å². The summed E-state index contributed by atoms with van der Waals surface area (Å²) in [4.78, 5) is 135. The van der Waals surface area contributed by atoms with E-state index < -0.39 is 101 Å². The number of fused-ring (bicyclic) bond motifs is 1. The smallest absolute Gasteiger partial charge is 0.243 e. The third-order valence-electron chi connectivity index (χ3n) is 12.0. The van der Waals surface area contributed by atoms with Gasteiger partial charge in [-0.05, 0) is 87.2 Å². The number of nitrogens with two attached hydrogens (primary N) is 6. The van der Waals surface area contributed by atoms with Crippen LogP contribution in [0.1, 0.15) is 75.8 Å². The fraction of sp³-hybridized carbons (Fsp3) is 0.479. The molecule has 4 rings (SSSR count). The van der Waals surface area contributed by atoms with E-state index in [4.69, 9.17) is 34.4 Å². The van der Waals surface area contributed by atoms with Gasteiger partial charge in [-0.3, -0.25) is 53.1 Å². The number of carbonyl (C=O) groups excluding carboxylic acids is 9. The van der Waals surface area contributed by atoms with Crippen molar-refractivity contribution >= 4 is 76.0 Å². The summed E-state index contributed by atoms with van der Waals surface area (Å²) < 4.78 is 14.1. The van der Waals surface area contributed by atoms with Gasteiger partial charge < -0.3 is 81.9 Å². The molecule has 2 aromatic carbocycles. The van der Waals surface area contributed by atoms with Gasteiger partial charge in [0.25, 0.3) is 0 Å². The van der Waals surface area contributed by atoms with Crippen LogP contribution in [0.3, 0.4) is 0 Å². The molecular weight excluding hydrogens is 978 g/mol. The van der Waals surface area contributed by atoms with Crippen LogP contribution in [-0.2, 0) is 56.0 Å². The van der Waals surface area contributed by atoms with Crippen LogP contribution in [0.5, 0.6) is 0 Å². The number of benzene rings is 2. The normalized spacial score (nSPS) is 21.1. The van der Waals surface area contributed by atoms with Gasteiger partial charge in [0, 0.05) is 62.9 Å². The predicted molar refractivity (Wildman–Crippen MR) is 275 cm³/mol. The first-order valence-corrected chi connectivity index (χ1v) is 24.5. The molecule has 0 saturated carbocycles. The van der Waals surface area contributed by atoms with E-state index in [0.717, 1.165) is 23.0 Å². The Kier molecular flexibility index (Phi) is 23.7. The first-order valence-electron chi connectivity index (χ1n) is 24.5. The van der Waals surface area contributed by atoms with Gasteiger partial charge in [-0.15, -0.1) is 0 Å². The summed E-state index contributed by atoms with van der Waals surface area (Å²) in [5.41, 5.74) is 35.3. The summed E-state index contributed by atoms with van der Waals surface area (Å²) in [6.45, 7) is 1.11. The Hall–Kier alpha value is -8.36. The van der Waals surface area contributed by atoms with Crippen molar-refractivity contribution in [3.05, 3.63) is 71.7 Å². The molecule has 0 bridgehead atoms. The lowest BCUT2D eigenvalue weighted by Crippen LogP contribution is -2.60. The number of rotatable bonds is 18. The zero-order valence-corrected chi connectivity index (χ0v) is 41.8. The van der Waals surface area contributed by atoms with E-state index in [2.05, 4.69) is 57.5 Å². The molecule has 3 aromatic rings. The van der Waals surface area contributed by atoms with Crippen molar-refractivity contribution in [3.63, 3.8) is 0 Å². The minimum Gasteiger partial charge on any atom is -0.370 e. The van der Waals surface area contributed by atoms with Crippen molar-refractivity contribution in [2.24, 2.45) is 44.4 Å². The Bertz CT molecular complexity index is 2530. The monoisotopic (exact) mass is 1050 g/mol. The molecule has 1 fully saturated rings. The number of para-hydroxylation sites is 1. The number of aliphatic imine (C=N–C) groups is 2. The lowest BCUT2D eigenvalue weighted by molar-refractivity contribution is -0.136. The van der Waals surface area contributed by atoms with E-state index >= 15 is 0 Å². The van der Waals surface area contributed by atoms with Crippen molar-refractivity contribution in [2.75, 3.05) is 26.2 Å². The molecule has 1 saturated heterocycles. The molecule has 7 atom stereocenters. The topological polar surface area (TPSA) is 446 Å². The molecule has 1 aromatic heterocycles. The molecule has 1 aliphatic rings. The average Bonchev–Trinajstić information content (AvgIpc) is 3.77. The van der Waals surface area contributed by atoms with Gasteiger partial charge in [-0.25, -0.2) is 4.39 Å². The number of nitrogens with one attached hydrogen (secondary N) is 9. The highest BCUT2D eigenvalue weighted by Crippen LogP contribution is 2.20. The van der Waals surface area contributed by atoms with Crippen LogP contribution < -0.4 is 76.9 Å². The Balaban J connectivity index is 1.77. The average molecular weight is 1050 g/mol. The first kappa shape index (κ1) is 59.2. The van der Waals surface area contributed by atoms with Gasteiger partial charge in [0.15, 0.2) is 11.9 Å². The fourth-order valence-corrected chi connectivity index (χ4v) is 8.11. The highest BCUT2D eigenvalue weighted by molar-refractivity contribution is 5.98. The second-order valence-electron chi connectivity index (χ2n) is 17.9. The maximum absolute atomic E-state index is 14.5. The molecule has 0 unspecified atom stereocenters. The SMILES string of the molecule is CC(=O)N[C@@H](CCCN=C(N)N)C(=O)N[C@H]1CCC(=O)NCCC[C@@H](C(N)=O)NC(=O)[C@H](Cc2c[nH]c3ccccc23)NC(=O)[C@H](CCCN=C(N)N)NC(=O)[C@@H](Cc2ccc(F)cc2)NC(=O)[C@H](CCN)NC1=O. The summed E-state index contributed by atoms with van der Waals surface area (Å²) in [6, 6.07) is 2.50. The lowest BCUT2D eigenvalue weighted by atomic mass is 10.0. The van der Waals surface area contributed by atoms with Crippen LogP contribution in [0, 0.1) is 5.82 Å². The molecule has 75 heavy (non-hydrogen) atoms. The standard InChI is InChI=1S/C48H70FN17O9/c1-26(67)60-33(10-5-21-57-47(52)53)41(70)63-35-16-17-39(68)56-20-4-9-32(40(51)69)61-46(75)38(24-28-25-59-31-8-3-2-7-30(28)31)66-42(71)34(11-6-22-58-48(54)55)62-45(74)37(23-27-12-14-29(49)15-13-27)65-44(73)36(18-19-50)64-43(35)72/h2-3,7-8,12-15,25,32-38,59H,4-6,9-11,16-24,50H2,1H3,(H2,51,69)(H,56,68)(H,60,67)(H,61,75)(H,62,74)(H,63,70)(H,64,72)(H,65,73)(H,66,71)(H4,52,53,57)(H4,54,55,58)/t32-,33-,34-,35-,36-,37+,38-/m0/s1. The maximum Gasteiger partial charge on any atom is 0.243 e. The van der Waals surface area contributed by atoms with Gasteiger partial charge in [0.1, 0.15) is 48.1 Å². The van der Waals surface area contributed by atoms with Gasteiger partial charge >= 0.3 is 0 Å². The Morgan fingerprint density at radius 3 is 1.95 bits per heavy atom. The van der Waals surface area contributed by atoms with Crippen LogP contribution >= 0.6 is 0 Å². The van der Waals surface area contributed by atoms with E-state index in [1.54, 1.807) is 12.3 Å². The van der Waals surface area contributed by atoms with Crippen LogP contribution in [-0.4, -0.2) is 139 Å². The number of amides is 9. The number of primary amides is 1. The maximum atomic E-state index is 14.5. The molecule has 0 aliphatic carbocycles. The zero-order valence-electron chi connectivity index (χ0n) is 41.8. The molecule has 0 radical (unpaired) electrons. The zero-order chi connectivity index (χ0) is 55.0. The van der Waals surface area contributed by atoms with E-state index in [9.17, 15) is 47.5 Å². The number of aromatic nitrogens is 1. The van der Waals surface area contributed by atoms with Crippen molar-refractivity contribution in [1.82, 2.24) is 47.5 Å². The Morgan fingerprint density at radius 1 is 0.720 bits per heavy atom. The largest absolute Gasteiger partial charge is 0.370 e. The molecule has 1 aliphatic heterocycles. The number of guanidine groups is 2. The Labute approximate surface area is 432 Å². The number of hydrogen-bond acceptors (Lipinski definition) is 12. The van der Waals surface area contributed by atoms with Crippen molar-refractivity contribution < 1.29 is 47.5 Å². The highest BCUT2D eigenvalue weighted by Gasteiger charge is 2.35. The molecule has 0 spiro atoms. The van der Waals surface area contributed by atoms with E-state index in [0.29, 0.717) is 11.1 Å². The molecule has 26 nitrogen and oxygen atoms in total. The second kappa shape index (κ2) is 30.0. The predicted octanol–water partition coefficient (Wildman–Crippen LogP) is -3.86. The molecule has 21 N–H and O–H groups in total. The Morgan fingerprint density at radius 2 is 1.31 bits per heavy atom. The minimum atomic E-state index is -1.52. The van der Waals surface area contributed by atoms with Crippen LogP contribution in [0.25, 0.3) is 10.9 Å². The van der Waals surface area contributed by atoms with Crippen LogP contribution in [0.15, 0.2) is 64.7 Å². The van der Waals surface area contributed by atoms with Gasteiger partial charge in [-0.1, -0.05) is 30.3 Å². The number of hydrogen-bond donors (Lipinski definition) is 15. The second-order valence-corrected chi connectivity index (χ2v) is 17.9. The number of nitrogens with zero attached hydrogens (tertiary/aromatic N) is 2. The third kappa shape index (κ3) is 20.2. The summed E-state index contributed by atoms with van der Waals surface area (Å²) in [6.07, 6.45) is 0.706. The molecule has 9 amide bonds. The summed E-state index contributed by atoms with van der Waals surface area (Å²) in [5.74, 6) is -8.35. The van der Waals surface area contributed by atoms with E-state index in [1.165, 1.54) is 19.1 Å². The van der Waals surface area contributed by atoms with Crippen molar-refractivity contribution in [3.8, 4) is 0 Å². The number of H-pyrrole nitrogens is 1. The fourth-order valence-electron chi connectivity index (χ4n) is 8.11. The summed E-state index contributed by atoms with van der Waals surface area (Å²) in [7, 11) is 0. The highest BCUT2D eigenvalue weighted by atomic mass is 19.1. The minimum absolute atomic E-state index is 0.0208. The lowest BCUT2D eigenvalue weighted by Gasteiger charge is -2.28. The number of aromatic amines is 1. The molecule has 27 heteroatoms. The van der Waals surface area contributed by atoms with Crippen LogP contribution in [0.2, 0.25) is 0 Å². The van der Waals surface area contributed by atoms with Crippen LogP contribution in [0.4, 0.5) is 4.39 Å². The van der Waals surface area contributed by atoms with Gasteiger partial charge in [-0.2, -0.15) is 0 Å². The molecule has 408 valence electrons. The molecule has 2 heterocycles. The van der Waals surface area contributed by atoms with Gasteiger partial charge in [0.05, 0.1) is 0 Å². The molecular formula is C48H70FN17O9. The van der Waals surface area contributed by atoms with Gasteiger partial charge in [0.2, 0.25) is 53.2 Å². The van der Waals surface area contributed by atoms with Crippen molar-refractivity contribution in [1.29, 1.82) is 0 Å². The first-order chi connectivity index (χ1) is 35.7. The van der Waals surface area contributed by atoms with E-state index in [-0.39, 0.29) is 109 Å².